The number of carbonyl (C=O) groups excluding carboxylic acids is 1. The van der Waals surface area contributed by atoms with Crippen molar-refractivity contribution in [2.45, 2.75) is 57.1 Å². The van der Waals surface area contributed by atoms with Gasteiger partial charge >= 0.3 is 12.0 Å². The molecule has 0 radical (unpaired) electrons. The van der Waals surface area contributed by atoms with E-state index >= 15 is 0 Å². The molecule has 1 saturated carbocycles. The van der Waals surface area contributed by atoms with Crippen LogP contribution in [0.1, 0.15) is 44.9 Å². The van der Waals surface area contributed by atoms with Crippen molar-refractivity contribution >= 4 is 12.0 Å². The number of amides is 2. The number of urea groups is 1. The van der Waals surface area contributed by atoms with Crippen LogP contribution in [0, 0.1) is 0 Å². The predicted octanol–water partition coefficient (Wildman–Crippen LogP) is 1.59. The zero-order valence-electron chi connectivity index (χ0n) is 11.8. The van der Waals surface area contributed by atoms with Gasteiger partial charge < -0.3 is 20.1 Å². The van der Waals surface area contributed by atoms with E-state index < -0.39 is 5.97 Å². The van der Waals surface area contributed by atoms with Crippen molar-refractivity contribution in [2.24, 2.45) is 0 Å². The molecule has 1 heterocycles. The first-order valence-electron chi connectivity index (χ1n) is 7.54. The highest BCUT2D eigenvalue weighted by Crippen LogP contribution is 2.27. The van der Waals surface area contributed by atoms with Crippen LogP contribution in [-0.2, 0) is 9.53 Å². The van der Waals surface area contributed by atoms with Crippen LogP contribution in [0.3, 0.4) is 0 Å². The maximum atomic E-state index is 12.1. The lowest BCUT2D eigenvalue weighted by molar-refractivity contribution is -0.137. The molecule has 1 unspecified atom stereocenters. The van der Waals surface area contributed by atoms with Gasteiger partial charge in [-0.25, -0.2) is 4.79 Å². The Morgan fingerprint density at radius 3 is 2.65 bits per heavy atom. The highest BCUT2D eigenvalue weighted by Gasteiger charge is 2.32. The van der Waals surface area contributed by atoms with Gasteiger partial charge in [0.05, 0.1) is 12.5 Å². The fourth-order valence-electron chi connectivity index (χ4n) is 2.53. The minimum Gasteiger partial charge on any atom is -0.481 e. The summed E-state index contributed by atoms with van der Waals surface area (Å²) >= 11 is 0. The van der Waals surface area contributed by atoms with Gasteiger partial charge in [-0.3, -0.25) is 4.79 Å². The number of nitrogens with zero attached hydrogens (tertiary/aromatic N) is 1. The lowest BCUT2D eigenvalue weighted by Crippen LogP contribution is -2.43. The molecule has 20 heavy (non-hydrogen) atoms. The van der Waals surface area contributed by atoms with Crippen LogP contribution in [0.25, 0.3) is 0 Å². The van der Waals surface area contributed by atoms with E-state index in [9.17, 15) is 9.59 Å². The minimum absolute atomic E-state index is 0.00958. The fourth-order valence-corrected chi connectivity index (χ4v) is 2.53. The predicted molar refractivity (Wildman–Crippen MR) is 73.6 cm³/mol. The molecule has 2 rings (SSSR count). The molecule has 2 aliphatic rings. The fraction of sp³-hybridized carbons (Fsp3) is 0.857. The van der Waals surface area contributed by atoms with E-state index in [1.54, 1.807) is 4.90 Å². The van der Waals surface area contributed by atoms with Gasteiger partial charge in [0.2, 0.25) is 0 Å². The van der Waals surface area contributed by atoms with Gasteiger partial charge in [0, 0.05) is 25.7 Å². The summed E-state index contributed by atoms with van der Waals surface area (Å²) in [6, 6.07) is 0.102. The maximum absolute atomic E-state index is 12.1. The summed E-state index contributed by atoms with van der Waals surface area (Å²) in [5, 5.41) is 11.6. The Hall–Kier alpha value is -1.30. The highest BCUT2D eigenvalue weighted by molar-refractivity contribution is 5.76. The smallest absolute Gasteiger partial charge is 0.317 e. The number of carbonyl (C=O) groups is 2. The normalized spacial score (nSPS) is 22.3. The van der Waals surface area contributed by atoms with Crippen molar-refractivity contribution in [3.8, 4) is 0 Å². The molecule has 0 aromatic rings. The maximum Gasteiger partial charge on any atom is 0.317 e. The molecule has 2 amide bonds. The van der Waals surface area contributed by atoms with Crippen LogP contribution in [0.15, 0.2) is 0 Å². The van der Waals surface area contributed by atoms with Crippen molar-refractivity contribution in [2.75, 3.05) is 19.7 Å². The second kappa shape index (κ2) is 7.47. The molecule has 6 nitrogen and oxygen atoms in total. The number of carboxylic acids is 1. The van der Waals surface area contributed by atoms with E-state index in [-0.39, 0.29) is 24.6 Å². The van der Waals surface area contributed by atoms with E-state index in [4.69, 9.17) is 9.84 Å². The number of rotatable bonds is 7. The number of aliphatic carboxylic acids is 1. The van der Waals surface area contributed by atoms with Gasteiger partial charge in [-0.1, -0.05) is 0 Å². The second-order valence-corrected chi connectivity index (χ2v) is 5.58. The lowest BCUT2D eigenvalue weighted by Gasteiger charge is -2.25. The Morgan fingerprint density at radius 2 is 2.05 bits per heavy atom. The average Bonchev–Trinajstić information content (AvgIpc) is 3.24. The number of carboxylic acid groups (broad SMARTS) is 1. The van der Waals surface area contributed by atoms with Gasteiger partial charge in [-0.05, 0) is 38.5 Å². The number of hydrogen-bond acceptors (Lipinski definition) is 3. The van der Waals surface area contributed by atoms with Crippen molar-refractivity contribution in [1.82, 2.24) is 10.2 Å². The number of nitrogens with one attached hydrogen (secondary N) is 1. The standard InChI is InChI=1S/C14H24N2O4/c17-13(18)7-9-16(11-4-5-11)14(19)15-8-6-12-3-1-2-10-20-12/h11-12H,1-10H2,(H,15,19)(H,17,18). The van der Waals surface area contributed by atoms with Gasteiger partial charge in [0.15, 0.2) is 0 Å². The summed E-state index contributed by atoms with van der Waals surface area (Å²) in [5.74, 6) is -0.862. The van der Waals surface area contributed by atoms with E-state index in [0.29, 0.717) is 13.1 Å². The molecule has 0 aromatic carbocycles. The largest absolute Gasteiger partial charge is 0.481 e. The molecule has 114 valence electrons. The van der Waals surface area contributed by atoms with Crippen LogP contribution in [0.4, 0.5) is 4.79 Å². The van der Waals surface area contributed by atoms with E-state index in [0.717, 1.165) is 38.7 Å². The van der Waals surface area contributed by atoms with Gasteiger partial charge in [0.1, 0.15) is 0 Å². The SMILES string of the molecule is O=C(O)CCN(C(=O)NCCC1CCCCO1)C1CC1. The third kappa shape index (κ3) is 5.00. The topological polar surface area (TPSA) is 78.9 Å². The third-order valence-corrected chi connectivity index (χ3v) is 3.83. The van der Waals surface area contributed by atoms with Crippen LogP contribution < -0.4 is 5.32 Å². The number of hydrogen-bond donors (Lipinski definition) is 2. The highest BCUT2D eigenvalue weighted by atomic mass is 16.5. The summed E-state index contributed by atoms with van der Waals surface area (Å²) in [7, 11) is 0. The Balaban J connectivity index is 1.66. The molecule has 1 aliphatic carbocycles. The molecule has 0 aromatic heterocycles. The molecule has 1 atom stereocenters. The van der Waals surface area contributed by atoms with Gasteiger partial charge in [0.25, 0.3) is 0 Å². The summed E-state index contributed by atoms with van der Waals surface area (Å²) in [4.78, 5) is 24.3. The van der Waals surface area contributed by atoms with Crippen molar-refractivity contribution in [3.05, 3.63) is 0 Å². The van der Waals surface area contributed by atoms with E-state index in [1.807, 2.05) is 0 Å². The molecule has 1 saturated heterocycles. The Bertz CT molecular complexity index is 338. The zero-order valence-corrected chi connectivity index (χ0v) is 11.8. The Labute approximate surface area is 119 Å². The molecule has 0 bridgehead atoms. The Morgan fingerprint density at radius 1 is 1.25 bits per heavy atom. The molecule has 2 N–H and O–H groups in total. The molecular formula is C14H24N2O4. The summed E-state index contributed by atoms with van der Waals surface area (Å²) in [6.07, 6.45) is 6.48. The van der Waals surface area contributed by atoms with E-state index in [1.165, 1.54) is 6.42 Å². The summed E-state index contributed by atoms with van der Waals surface area (Å²) in [6.45, 7) is 1.72. The first kappa shape index (κ1) is 15.1. The first-order chi connectivity index (χ1) is 9.66. The lowest BCUT2D eigenvalue weighted by atomic mass is 10.1. The van der Waals surface area contributed by atoms with Crippen LogP contribution in [0.5, 0.6) is 0 Å². The van der Waals surface area contributed by atoms with Crippen LogP contribution >= 0.6 is 0 Å². The number of ether oxygens (including phenoxy) is 1. The first-order valence-corrected chi connectivity index (χ1v) is 7.54. The zero-order chi connectivity index (χ0) is 14.4. The van der Waals surface area contributed by atoms with Crippen LogP contribution in [0.2, 0.25) is 0 Å². The summed E-state index contributed by atoms with van der Waals surface area (Å²) in [5.41, 5.74) is 0. The molecule has 6 heteroatoms. The van der Waals surface area contributed by atoms with Crippen molar-refractivity contribution in [1.29, 1.82) is 0 Å². The van der Waals surface area contributed by atoms with Gasteiger partial charge in [-0.2, -0.15) is 0 Å². The summed E-state index contributed by atoms with van der Waals surface area (Å²) < 4.78 is 5.62. The van der Waals surface area contributed by atoms with Crippen molar-refractivity contribution < 1.29 is 19.4 Å². The van der Waals surface area contributed by atoms with Crippen molar-refractivity contribution in [3.63, 3.8) is 0 Å². The van der Waals surface area contributed by atoms with Gasteiger partial charge in [-0.15, -0.1) is 0 Å². The Kier molecular flexibility index (Phi) is 5.64. The third-order valence-electron chi connectivity index (χ3n) is 3.83. The average molecular weight is 284 g/mol. The minimum atomic E-state index is -0.862. The molecule has 2 fully saturated rings. The van der Waals surface area contributed by atoms with E-state index in [2.05, 4.69) is 5.32 Å². The second-order valence-electron chi connectivity index (χ2n) is 5.58. The molecule has 0 spiro atoms. The monoisotopic (exact) mass is 284 g/mol. The van der Waals surface area contributed by atoms with Crippen LogP contribution in [-0.4, -0.2) is 53.8 Å². The molecular weight excluding hydrogens is 260 g/mol. The molecule has 1 aliphatic heterocycles. The quantitative estimate of drug-likeness (QED) is 0.744.